The first-order chi connectivity index (χ1) is 13.6. The molecule has 4 bridgehead atoms. The molecule has 158 valence electrons. The molecular formula is C19H22O10. The van der Waals surface area contributed by atoms with Crippen LogP contribution in [0, 0.1) is 21.7 Å². The van der Waals surface area contributed by atoms with Gasteiger partial charge in [0.2, 0.25) is 0 Å². The van der Waals surface area contributed by atoms with E-state index in [1.54, 1.807) is 0 Å². The highest BCUT2D eigenvalue weighted by atomic mass is 16.5. The number of Topliss-reactive ketones (excluding diaryl/α,β-unsaturated/α-hetero) is 2. The van der Waals surface area contributed by atoms with Gasteiger partial charge in [0, 0.05) is 0 Å². The molecule has 4 aliphatic carbocycles. The summed E-state index contributed by atoms with van der Waals surface area (Å²) in [7, 11) is 4.23. The minimum absolute atomic E-state index is 0.253. The zero-order chi connectivity index (χ0) is 21.8. The Kier molecular flexibility index (Phi) is 4.59. The van der Waals surface area contributed by atoms with Gasteiger partial charge in [-0.15, -0.1) is 0 Å². The number of ether oxygens (including phenoxy) is 4. The molecule has 10 nitrogen and oxygen atoms in total. The van der Waals surface area contributed by atoms with Gasteiger partial charge in [0.1, 0.15) is 21.7 Å². The van der Waals surface area contributed by atoms with Gasteiger partial charge < -0.3 is 18.9 Å². The molecule has 10 heteroatoms. The van der Waals surface area contributed by atoms with Gasteiger partial charge in [-0.1, -0.05) is 0 Å². The first kappa shape index (κ1) is 20.9. The summed E-state index contributed by atoms with van der Waals surface area (Å²) in [6, 6.07) is 0. The molecule has 4 rings (SSSR count). The predicted molar refractivity (Wildman–Crippen MR) is 90.9 cm³/mol. The van der Waals surface area contributed by atoms with Gasteiger partial charge in [0.25, 0.3) is 0 Å². The van der Waals surface area contributed by atoms with Crippen molar-refractivity contribution in [1.29, 1.82) is 0 Å². The van der Waals surface area contributed by atoms with E-state index >= 15 is 0 Å². The Hall–Kier alpha value is -2.78. The van der Waals surface area contributed by atoms with Gasteiger partial charge in [-0.2, -0.15) is 0 Å². The Labute approximate surface area is 166 Å². The van der Waals surface area contributed by atoms with Crippen LogP contribution in [0.25, 0.3) is 0 Å². The molecule has 0 unspecified atom stereocenters. The van der Waals surface area contributed by atoms with E-state index in [9.17, 15) is 28.8 Å². The maximum atomic E-state index is 13.6. The molecule has 29 heavy (non-hydrogen) atoms. The van der Waals surface area contributed by atoms with Gasteiger partial charge in [0.15, 0.2) is 11.6 Å². The van der Waals surface area contributed by atoms with E-state index in [1.165, 1.54) is 0 Å². The third-order valence-electron chi connectivity index (χ3n) is 6.83. The normalized spacial score (nSPS) is 37.5. The van der Waals surface area contributed by atoms with Gasteiger partial charge in [-0.25, -0.2) is 0 Å². The maximum Gasteiger partial charge on any atom is 0.319 e. The van der Waals surface area contributed by atoms with Gasteiger partial charge >= 0.3 is 23.9 Å². The minimum atomic E-state index is -2.06. The van der Waals surface area contributed by atoms with Crippen molar-refractivity contribution in [1.82, 2.24) is 0 Å². The predicted octanol–water partition coefficient (Wildman–Crippen LogP) is -0.246. The van der Waals surface area contributed by atoms with E-state index in [2.05, 4.69) is 0 Å². The van der Waals surface area contributed by atoms with E-state index in [0.29, 0.717) is 0 Å². The highest BCUT2D eigenvalue weighted by molar-refractivity contribution is 6.25. The topological polar surface area (TPSA) is 139 Å². The summed E-state index contributed by atoms with van der Waals surface area (Å²) in [5.41, 5.74) is -8.05. The number of esters is 4. The molecule has 0 aromatic rings. The van der Waals surface area contributed by atoms with Gasteiger partial charge in [-0.3, -0.25) is 28.8 Å². The van der Waals surface area contributed by atoms with Crippen LogP contribution in [0.3, 0.4) is 0 Å². The lowest BCUT2D eigenvalue weighted by Crippen LogP contribution is -2.69. The highest BCUT2D eigenvalue weighted by Crippen LogP contribution is 2.68. The van der Waals surface area contributed by atoms with Crippen LogP contribution >= 0.6 is 0 Å². The molecule has 0 aliphatic heterocycles. The Morgan fingerprint density at radius 3 is 1.07 bits per heavy atom. The van der Waals surface area contributed by atoms with E-state index in [4.69, 9.17) is 18.9 Å². The smallest absolute Gasteiger partial charge is 0.319 e. The van der Waals surface area contributed by atoms with Crippen molar-refractivity contribution in [3.63, 3.8) is 0 Å². The fourth-order valence-corrected chi connectivity index (χ4v) is 5.69. The summed E-state index contributed by atoms with van der Waals surface area (Å²) in [5.74, 6) is -5.60. The monoisotopic (exact) mass is 410 g/mol. The van der Waals surface area contributed by atoms with Gasteiger partial charge in [0.05, 0.1) is 28.4 Å². The summed E-state index contributed by atoms with van der Waals surface area (Å²) in [6.45, 7) is 0. The largest absolute Gasteiger partial charge is 0.468 e. The second-order valence-electron chi connectivity index (χ2n) is 7.98. The zero-order valence-electron chi connectivity index (χ0n) is 16.6. The van der Waals surface area contributed by atoms with Crippen molar-refractivity contribution in [2.75, 3.05) is 28.4 Å². The second kappa shape index (κ2) is 6.36. The third-order valence-corrected chi connectivity index (χ3v) is 6.83. The lowest BCUT2D eigenvalue weighted by Gasteiger charge is -2.53. The number of fused-ring (bicyclic) bond motifs is 1. The number of rotatable bonds is 4. The van der Waals surface area contributed by atoms with E-state index in [1.807, 2.05) is 0 Å². The lowest BCUT2D eigenvalue weighted by atomic mass is 9.44. The Morgan fingerprint density at radius 1 is 0.552 bits per heavy atom. The maximum absolute atomic E-state index is 13.6. The van der Waals surface area contributed by atoms with Gasteiger partial charge in [-0.05, 0) is 32.1 Å². The number of hydrogen-bond acceptors (Lipinski definition) is 10. The molecule has 4 fully saturated rings. The second-order valence-corrected chi connectivity index (χ2v) is 7.98. The van der Waals surface area contributed by atoms with Crippen molar-refractivity contribution in [3.8, 4) is 0 Å². The van der Waals surface area contributed by atoms with Crippen LogP contribution in [0.4, 0.5) is 0 Å². The summed E-state index contributed by atoms with van der Waals surface area (Å²) < 4.78 is 19.4. The molecule has 0 heterocycles. The molecule has 0 aromatic heterocycles. The van der Waals surface area contributed by atoms with Crippen molar-refractivity contribution < 1.29 is 47.7 Å². The van der Waals surface area contributed by atoms with Crippen LogP contribution < -0.4 is 0 Å². The number of hydrogen-bond donors (Lipinski definition) is 0. The Morgan fingerprint density at radius 2 is 0.793 bits per heavy atom. The number of methoxy groups -OCH3 is 4. The van der Waals surface area contributed by atoms with E-state index < -0.39 is 76.4 Å². The molecule has 4 aliphatic rings. The molecule has 0 saturated heterocycles. The summed E-state index contributed by atoms with van der Waals surface area (Å²) in [5, 5.41) is 0. The molecule has 4 atom stereocenters. The first-order valence-electron chi connectivity index (χ1n) is 9.00. The van der Waals surface area contributed by atoms with Crippen LogP contribution in [0.15, 0.2) is 0 Å². The third kappa shape index (κ3) is 2.22. The minimum Gasteiger partial charge on any atom is -0.468 e. The number of ketones is 2. The van der Waals surface area contributed by atoms with Crippen LogP contribution in [-0.4, -0.2) is 63.9 Å². The summed E-state index contributed by atoms with van der Waals surface area (Å²) >= 11 is 0. The number of carbonyl (C=O) groups excluding carboxylic acids is 6. The molecule has 0 aromatic carbocycles. The standard InChI is InChI=1S/C19H22O10/c1-26-12(22)16-5-6-17(13(23)27-2)8-19(10(16)20,15(25)29-4)9-18(7-16,11(17)21)14(24)28-3/h5-9H2,1-4H3/t16-,17+,18-,19-/m0/s1. The lowest BCUT2D eigenvalue weighted by molar-refractivity contribution is -0.196. The fourth-order valence-electron chi connectivity index (χ4n) is 5.69. The molecule has 0 radical (unpaired) electrons. The van der Waals surface area contributed by atoms with Crippen LogP contribution in [0.2, 0.25) is 0 Å². The van der Waals surface area contributed by atoms with Crippen LogP contribution in [0.5, 0.6) is 0 Å². The van der Waals surface area contributed by atoms with Crippen LogP contribution in [-0.2, 0) is 47.7 Å². The van der Waals surface area contributed by atoms with E-state index in [0.717, 1.165) is 28.4 Å². The number of carbonyl (C=O) groups is 6. The molecule has 4 saturated carbocycles. The Bertz CT molecular complexity index is 778. The summed E-state index contributed by atoms with van der Waals surface area (Å²) in [4.78, 5) is 78.7. The van der Waals surface area contributed by atoms with Crippen LogP contribution in [0.1, 0.15) is 32.1 Å². The SMILES string of the molecule is COC(=O)[C@]12C[C@@]3(C(=O)OC)C[C@](C(=O)OC)(CC[C@](C(=O)OC)(C1)C3=O)C2=O. The van der Waals surface area contributed by atoms with E-state index in [-0.39, 0.29) is 12.8 Å². The van der Waals surface area contributed by atoms with Crippen molar-refractivity contribution >= 4 is 35.4 Å². The Balaban J connectivity index is 2.43. The molecular weight excluding hydrogens is 388 g/mol. The molecule has 0 amide bonds. The quantitative estimate of drug-likeness (QED) is 0.346. The van der Waals surface area contributed by atoms with Crippen molar-refractivity contribution in [2.45, 2.75) is 32.1 Å². The zero-order valence-corrected chi connectivity index (χ0v) is 16.6. The van der Waals surface area contributed by atoms with Crippen molar-refractivity contribution in [2.24, 2.45) is 21.7 Å². The highest BCUT2D eigenvalue weighted by Gasteiger charge is 2.81. The summed E-state index contributed by atoms with van der Waals surface area (Å²) in [6.07, 6.45) is -2.11. The van der Waals surface area contributed by atoms with Crippen molar-refractivity contribution in [3.05, 3.63) is 0 Å². The average Bonchev–Trinajstić information content (AvgIpc) is 2.87. The first-order valence-corrected chi connectivity index (χ1v) is 9.00. The fraction of sp³-hybridized carbons (Fsp3) is 0.684. The average molecular weight is 410 g/mol. The molecule has 0 N–H and O–H groups in total. The molecule has 0 spiro atoms.